The Balaban J connectivity index is 2.34. The number of aromatic nitrogens is 1. The average molecular weight is 284 g/mol. The summed E-state index contributed by atoms with van der Waals surface area (Å²) in [7, 11) is 1.50. The van der Waals surface area contributed by atoms with Crippen molar-refractivity contribution in [3.8, 4) is 5.88 Å². The molecular weight excluding hydrogens is 273 g/mol. The van der Waals surface area contributed by atoms with Crippen LogP contribution in [0.2, 0.25) is 10.0 Å². The number of anilines is 3. The quantitative estimate of drug-likeness (QED) is 0.901. The second kappa shape index (κ2) is 5.33. The Morgan fingerprint density at radius 3 is 2.44 bits per heavy atom. The van der Waals surface area contributed by atoms with Crippen LogP contribution in [-0.2, 0) is 0 Å². The standard InChI is InChI=1S/C12H11Cl2N3O/c1-18-12-9(15)5-6-10(17-12)16-11-7(13)3-2-4-8(11)14/h2-6H,15H2,1H3,(H,16,17). The Morgan fingerprint density at radius 2 is 1.83 bits per heavy atom. The normalized spacial score (nSPS) is 10.2. The van der Waals surface area contributed by atoms with Gasteiger partial charge in [0.25, 0.3) is 0 Å². The van der Waals surface area contributed by atoms with Gasteiger partial charge in [-0.25, -0.2) is 0 Å². The summed E-state index contributed by atoms with van der Waals surface area (Å²) in [5.41, 5.74) is 6.75. The fourth-order valence-electron chi connectivity index (χ4n) is 1.43. The Morgan fingerprint density at radius 1 is 1.17 bits per heavy atom. The molecule has 4 nitrogen and oxygen atoms in total. The molecule has 94 valence electrons. The molecule has 0 fully saturated rings. The molecule has 0 aliphatic carbocycles. The summed E-state index contributed by atoms with van der Waals surface area (Å²) < 4.78 is 5.04. The van der Waals surface area contributed by atoms with Crippen LogP contribution in [0.1, 0.15) is 0 Å². The predicted octanol–water partition coefficient (Wildman–Crippen LogP) is 3.72. The molecule has 2 rings (SSSR count). The SMILES string of the molecule is COc1nc(Nc2c(Cl)cccc2Cl)ccc1N. The Hall–Kier alpha value is -1.65. The first-order valence-electron chi connectivity index (χ1n) is 5.13. The number of nitrogens with zero attached hydrogens (tertiary/aromatic N) is 1. The van der Waals surface area contributed by atoms with Crippen LogP contribution < -0.4 is 15.8 Å². The topological polar surface area (TPSA) is 60.2 Å². The van der Waals surface area contributed by atoms with Crippen LogP contribution in [0.4, 0.5) is 17.2 Å². The molecule has 0 bridgehead atoms. The summed E-state index contributed by atoms with van der Waals surface area (Å²) in [5.74, 6) is 0.902. The van der Waals surface area contributed by atoms with E-state index in [4.69, 9.17) is 33.7 Å². The van der Waals surface area contributed by atoms with Gasteiger partial charge in [-0.1, -0.05) is 29.3 Å². The summed E-state index contributed by atoms with van der Waals surface area (Å²) in [6.45, 7) is 0. The van der Waals surface area contributed by atoms with E-state index < -0.39 is 0 Å². The van der Waals surface area contributed by atoms with Crippen LogP contribution in [0.5, 0.6) is 5.88 Å². The molecule has 6 heteroatoms. The van der Waals surface area contributed by atoms with Gasteiger partial charge in [0.15, 0.2) is 0 Å². The predicted molar refractivity (Wildman–Crippen MR) is 74.9 cm³/mol. The summed E-state index contributed by atoms with van der Waals surface area (Å²) in [4.78, 5) is 4.19. The van der Waals surface area contributed by atoms with Crippen LogP contribution >= 0.6 is 23.2 Å². The Bertz CT molecular complexity index is 555. The Kier molecular flexibility index (Phi) is 3.79. The molecule has 2 aromatic rings. The fourth-order valence-corrected chi connectivity index (χ4v) is 1.92. The van der Waals surface area contributed by atoms with Crippen molar-refractivity contribution in [2.45, 2.75) is 0 Å². The number of pyridine rings is 1. The van der Waals surface area contributed by atoms with Gasteiger partial charge in [-0.2, -0.15) is 4.98 Å². The lowest BCUT2D eigenvalue weighted by Gasteiger charge is -2.11. The number of nitrogen functional groups attached to an aromatic ring is 1. The lowest BCUT2D eigenvalue weighted by molar-refractivity contribution is 0.401. The summed E-state index contributed by atoms with van der Waals surface area (Å²) in [6.07, 6.45) is 0. The smallest absolute Gasteiger partial charge is 0.238 e. The maximum atomic E-state index is 6.05. The largest absolute Gasteiger partial charge is 0.479 e. The first-order valence-corrected chi connectivity index (χ1v) is 5.89. The highest BCUT2D eigenvalue weighted by atomic mass is 35.5. The minimum Gasteiger partial charge on any atom is -0.479 e. The zero-order valence-electron chi connectivity index (χ0n) is 9.58. The second-order valence-corrected chi connectivity index (χ2v) is 4.33. The van der Waals surface area contributed by atoms with E-state index in [-0.39, 0.29) is 0 Å². The van der Waals surface area contributed by atoms with Crippen LogP contribution in [0.3, 0.4) is 0 Å². The monoisotopic (exact) mass is 283 g/mol. The van der Waals surface area contributed by atoms with Gasteiger partial charge in [0, 0.05) is 0 Å². The molecule has 1 aromatic heterocycles. The molecule has 18 heavy (non-hydrogen) atoms. The average Bonchev–Trinajstić information content (AvgIpc) is 2.36. The lowest BCUT2D eigenvalue weighted by Crippen LogP contribution is -2.00. The van der Waals surface area contributed by atoms with Crippen LogP contribution in [0.15, 0.2) is 30.3 Å². The van der Waals surface area contributed by atoms with Crippen LogP contribution in [0.25, 0.3) is 0 Å². The van der Waals surface area contributed by atoms with E-state index >= 15 is 0 Å². The first kappa shape index (κ1) is 12.8. The third kappa shape index (κ3) is 2.60. The van der Waals surface area contributed by atoms with Crippen molar-refractivity contribution in [1.29, 1.82) is 0 Å². The molecule has 3 N–H and O–H groups in total. The minimum atomic E-state index is 0.350. The van der Waals surface area contributed by atoms with Gasteiger partial charge in [-0.3, -0.25) is 0 Å². The van der Waals surface area contributed by atoms with E-state index in [0.29, 0.717) is 33.1 Å². The van der Waals surface area contributed by atoms with E-state index in [9.17, 15) is 0 Å². The van der Waals surface area contributed by atoms with Crippen LogP contribution in [0, 0.1) is 0 Å². The van der Waals surface area contributed by atoms with Gasteiger partial charge in [-0.15, -0.1) is 0 Å². The van der Waals surface area contributed by atoms with Gasteiger partial charge in [-0.05, 0) is 24.3 Å². The molecule has 0 aliphatic rings. The number of halogens is 2. The number of para-hydroxylation sites is 1. The van der Waals surface area contributed by atoms with Crippen LogP contribution in [-0.4, -0.2) is 12.1 Å². The van der Waals surface area contributed by atoms with Gasteiger partial charge in [0.05, 0.1) is 28.5 Å². The number of methoxy groups -OCH3 is 1. The van der Waals surface area contributed by atoms with E-state index in [1.807, 2.05) is 0 Å². The molecule has 0 radical (unpaired) electrons. The fraction of sp³-hybridized carbons (Fsp3) is 0.0833. The maximum absolute atomic E-state index is 6.05. The number of nitrogens with one attached hydrogen (secondary N) is 1. The molecular formula is C12H11Cl2N3O. The number of nitrogens with two attached hydrogens (primary N) is 1. The van der Waals surface area contributed by atoms with Crippen molar-refractivity contribution in [1.82, 2.24) is 4.98 Å². The second-order valence-electron chi connectivity index (χ2n) is 3.52. The Labute approximate surface area is 115 Å². The first-order chi connectivity index (χ1) is 8.61. The van der Waals surface area contributed by atoms with Gasteiger partial charge in [0.1, 0.15) is 5.82 Å². The molecule has 1 aromatic carbocycles. The number of rotatable bonds is 3. The number of hydrogen-bond donors (Lipinski definition) is 2. The van der Waals surface area contributed by atoms with Crippen molar-refractivity contribution in [2.24, 2.45) is 0 Å². The molecule has 0 aliphatic heterocycles. The van der Waals surface area contributed by atoms with Crippen molar-refractivity contribution < 1.29 is 4.74 Å². The zero-order chi connectivity index (χ0) is 13.1. The summed E-state index contributed by atoms with van der Waals surface area (Å²) >= 11 is 12.1. The molecule has 0 saturated carbocycles. The number of ether oxygens (including phenoxy) is 1. The van der Waals surface area contributed by atoms with E-state index in [2.05, 4.69) is 10.3 Å². The molecule has 1 heterocycles. The highest BCUT2D eigenvalue weighted by Gasteiger charge is 2.08. The molecule has 0 atom stereocenters. The lowest BCUT2D eigenvalue weighted by atomic mass is 10.3. The van der Waals surface area contributed by atoms with Crippen molar-refractivity contribution in [3.05, 3.63) is 40.4 Å². The number of benzene rings is 1. The van der Waals surface area contributed by atoms with E-state index in [0.717, 1.165) is 0 Å². The minimum absolute atomic E-state index is 0.350. The maximum Gasteiger partial charge on any atom is 0.238 e. The van der Waals surface area contributed by atoms with Crippen molar-refractivity contribution in [2.75, 3.05) is 18.2 Å². The van der Waals surface area contributed by atoms with Gasteiger partial charge < -0.3 is 15.8 Å². The third-order valence-electron chi connectivity index (χ3n) is 2.30. The van der Waals surface area contributed by atoms with Crippen molar-refractivity contribution in [3.63, 3.8) is 0 Å². The zero-order valence-corrected chi connectivity index (χ0v) is 11.1. The molecule has 0 saturated heterocycles. The van der Waals surface area contributed by atoms with Crippen molar-refractivity contribution >= 4 is 40.4 Å². The van der Waals surface area contributed by atoms with Gasteiger partial charge in [0.2, 0.25) is 5.88 Å². The molecule has 0 amide bonds. The van der Waals surface area contributed by atoms with E-state index in [1.54, 1.807) is 30.3 Å². The highest BCUT2D eigenvalue weighted by molar-refractivity contribution is 6.39. The molecule has 0 spiro atoms. The highest BCUT2D eigenvalue weighted by Crippen LogP contribution is 2.32. The van der Waals surface area contributed by atoms with E-state index in [1.165, 1.54) is 7.11 Å². The number of hydrogen-bond acceptors (Lipinski definition) is 4. The molecule has 0 unspecified atom stereocenters. The van der Waals surface area contributed by atoms with Gasteiger partial charge >= 0.3 is 0 Å². The summed E-state index contributed by atoms with van der Waals surface area (Å²) in [5, 5.41) is 4.06. The summed E-state index contributed by atoms with van der Waals surface area (Å²) in [6, 6.07) is 8.66. The third-order valence-corrected chi connectivity index (χ3v) is 2.93.